The van der Waals surface area contributed by atoms with Crippen LogP contribution in [0.25, 0.3) is 0 Å². The molecule has 202 valence electrons. The number of aryl methyl sites for hydroxylation is 2. The van der Waals surface area contributed by atoms with Crippen LogP contribution in [0.2, 0.25) is 0 Å². The van der Waals surface area contributed by atoms with Crippen molar-refractivity contribution in [2.45, 2.75) is 19.0 Å². The number of amidine groups is 1. The Balaban J connectivity index is 1.81. The highest BCUT2D eigenvalue weighted by Crippen LogP contribution is 2.30. The summed E-state index contributed by atoms with van der Waals surface area (Å²) in [5, 5.41) is 27.8. The fourth-order valence-electron chi connectivity index (χ4n) is 4.31. The average molecular weight is 552 g/mol. The topological polar surface area (TPSA) is 97.0 Å². The highest BCUT2D eigenvalue weighted by Gasteiger charge is 2.30. The van der Waals surface area contributed by atoms with E-state index in [1.807, 2.05) is 6.07 Å². The van der Waals surface area contributed by atoms with E-state index in [9.17, 15) is 18.4 Å². The van der Waals surface area contributed by atoms with Crippen molar-refractivity contribution < 1.29 is 22.7 Å². The molecule has 41 heavy (non-hydrogen) atoms. The van der Waals surface area contributed by atoms with Gasteiger partial charge in [0.05, 0.1) is 39.9 Å². The molecule has 4 aromatic rings. The van der Waals surface area contributed by atoms with Crippen LogP contribution in [0.4, 0.5) is 24.5 Å². The molecule has 0 spiro atoms. The second kappa shape index (κ2) is 11.4. The monoisotopic (exact) mass is 551 g/mol. The van der Waals surface area contributed by atoms with Crippen molar-refractivity contribution >= 4 is 23.1 Å². The largest absolute Gasteiger partial charge is 0.497 e. The summed E-state index contributed by atoms with van der Waals surface area (Å²) in [5.41, 5.74) is 2.67. The minimum Gasteiger partial charge on any atom is -0.497 e. The Labute approximate surface area is 233 Å². The summed E-state index contributed by atoms with van der Waals surface area (Å²) in [7, 11) is 1.55. The molecule has 0 atom stereocenters. The van der Waals surface area contributed by atoms with Gasteiger partial charge in [0.25, 0.3) is 5.69 Å². The molecule has 0 amide bonds. The molecule has 0 aromatic heterocycles. The number of nitrogens with one attached hydrogen (secondary N) is 1. The quantitative estimate of drug-likeness (QED) is 0.261. The predicted molar refractivity (Wildman–Crippen MR) is 146 cm³/mol. The number of ether oxygens (including phenoxy) is 1. The molecular formula is C31H22F3N6O+. The van der Waals surface area contributed by atoms with E-state index in [0.29, 0.717) is 51.7 Å². The van der Waals surface area contributed by atoms with Gasteiger partial charge < -0.3 is 4.74 Å². The van der Waals surface area contributed by atoms with Gasteiger partial charge in [-0.2, -0.15) is 18.4 Å². The number of methoxy groups -OCH3 is 1. The molecule has 0 saturated heterocycles. The molecule has 0 radical (unpaired) electrons. The van der Waals surface area contributed by atoms with Gasteiger partial charge in [-0.1, -0.05) is 12.1 Å². The maximum absolute atomic E-state index is 13.3. The molecule has 10 heteroatoms. The maximum atomic E-state index is 13.3. The van der Waals surface area contributed by atoms with Gasteiger partial charge in [-0.25, -0.2) is 4.99 Å². The minimum absolute atomic E-state index is 0.122. The molecular weight excluding hydrogens is 529 g/mol. The summed E-state index contributed by atoms with van der Waals surface area (Å²) in [5.74, 6) is 3.15. The number of hydrogen-bond acceptors (Lipinski definition) is 6. The Morgan fingerprint density at radius 2 is 1.63 bits per heavy atom. The standard InChI is InChI=1S/C31H22F3N6O/c1-41-27-12-10-26(11-13-27)40-38-29-15-3-21(19-36)17-24(29)5-4-23-16-20(18-35)2-14-28(23)37-30(39-40)22-6-8-25(9-7-22)31(32,33)34/h2-3,6-17,36H,4-5H2,1H3/q+1/b37-30?,38-29+,40-39?. The van der Waals surface area contributed by atoms with Gasteiger partial charge in [0.15, 0.2) is 0 Å². The van der Waals surface area contributed by atoms with E-state index in [-0.39, 0.29) is 5.84 Å². The summed E-state index contributed by atoms with van der Waals surface area (Å²) in [6, 6.07) is 24.1. The van der Waals surface area contributed by atoms with Crippen LogP contribution in [0.5, 0.6) is 5.75 Å². The second-order valence-corrected chi connectivity index (χ2v) is 9.12. The second-order valence-electron chi connectivity index (χ2n) is 9.12. The van der Waals surface area contributed by atoms with Crippen molar-refractivity contribution in [1.82, 2.24) is 0 Å². The molecule has 1 N–H and O–H groups in total. The first-order valence-corrected chi connectivity index (χ1v) is 12.5. The van der Waals surface area contributed by atoms with E-state index in [1.54, 1.807) is 61.7 Å². The zero-order valence-electron chi connectivity index (χ0n) is 21.8. The molecule has 0 bridgehead atoms. The summed E-state index contributed by atoms with van der Waals surface area (Å²) in [6.07, 6.45) is -3.49. The number of halogens is 3. The van der Waals surface area contributed by atoms with Gasteiger partial charge in [-0.05, 0) is 90.5 Å². The van der Waals surface area contributed by atoms with Crippen LogP contribution in [0.15, 0.2) is 100 Å². The molecule has 1 heterocycles. The van der Waals surface area contributed by atoms with Gasteiger partial charge >= 0.3 is 6.18 Å². The number of aliphatic imine (C=N–C) groups is 1. The van der Waals surface area contributed by atoms with Crippen molar-refractivity contribution in [3.63, 3.8) is 0 Å². The van der Waals surface area contributed by atoms with Crippen LogP contribution in [0, 0.1) is 16.7 Å². The van der Waals surface area contributed by atoms with Gasteiger partial charge in [0.1, 0.15) is 11.1 Å². The summed E-state index contributed by atoms with van der Waals surface area (Å²) in [4.78, 5) is 6.15. The van der Waals surface area contributed by atoms with Crippen molar-refractivity contribution in [3.05, 3.63) is 123 Å². The normalized spacial score (nSPS) is 14.0. The lowest BCUT2D eigenvalue weighted by Gasteiger charge is -2.08. The predicted octanol–water partition coefficient (Wildman–Crippen LogP) is 5.71. The number of azo groups is 1. The van der Waals surface area contributed by atoms with Gasteiger partial charge in [0, 0.05) is 28.0 Å². The van der Waals surface area contributed by atoms with Crippen LogP contribution in [-0.2, 0) is 19.0 Å². The van der Waals surface area contributed by atoms with Crippen molar-refractivity contribution in [2.24, 2.45) is 15.2 Å². The Morgan fingerprint density at radius 1 is 0.902 bits per heavy atom. The van der Waals surface area contributed by atoms with E-state index >= 15 is 0 Å². The molecule has 4 aromatic carbocycles. The first-order chi connectivity index (χ1) is 19.8. The van der Waals surface area contributed by atoms with E-state index in [0.717, 1.165) is 23.3 Å². The van der Waals surface area contributed by atoms with Crippen molar-refractivity contribution in [2.75, 3.05) is 7.11 Å². The lowest BCUT2D eigenvalue weighted by Crippen LogP contribution is -2.19. The van der Waals surface area contributed by atoms with Crippen molar-refractivity contribution in [1.29, 1.82) is 10.7 Å². The number of benzene rings is 4. The van der Waals surface area contributed by atoms with E-state index in [4.69, 9.17) is 25.4 Å². The number of alkyl halides is 3. The molecule has 0 aliphatic carbocycles. The number of nitriles is 1. The average Bonchev–Trinajstić information content (AvgIpc) is 3.02. The number of hydrogen-bond donors (Lipinski definition) is 1. The summed E-state index contributed by atoms with van der Waals surface area (Å²) >= 11 is 0. The third kappa shape index (κ3) is 6.11. The molecule has 1 aliphatic rings. The van der Waals surface area contributed by atoms with Crippen molar-refractivity contribution in [3.8, 4) is 11.8 Å². The van der Waals surface area contributed by atoms with Crippen LogP contribution in [0.3, 0.4) is 0 Å². The highest BCUT2D eigenvalue weighted by molar-refractivity contribution is 6.00. The maximum Gasteiger partial charge on any atom is 0.416 e. The number of nitrogens with zero attached hydrogens (tertiary/aromatic N) is 5. The Hall–Kier alpha value is -5.39. The smallest absolute Gasteiger partial charge is 0.416 e. The van der Waals surface area contributed by atoms with Crippen LogP contribution < -0.4 is 15.3 Å². The lowest BCUT2D eigenvalue weighted by molar-refractivity contribution is -0.516. The van der Waals surface area contributed by atoms with Crippen LogP contribution in [-0.4, -0.2) is 23.6 Å². The van der Waals surface area contributed by atoms with Crippen LogP contribution in [0.1, 0.15) is 27.8 Å². The number of rotatable bonds is 3. The minimum atomic E-state index is -4.49. The molecule has 5 rings (SSSR count). The molecule has 0 saturated carbocycles. The van der Waals surface area contributed by atoms with E-state index in [1.165, 1.54) is 16.9 Å². The van der Waals surface area contributed by atoms with Gasteiger partial charge in [-0.3, -0.25) is 5.41 Å². The molecule has 0 fully saturated rings. The summed E-state index contributed by atoms with van der Waals surface area (Å²) < 4.78 is 45.2. The zero-order valence-corrected chi connectivity index (χ0v) is 21.8. The van der Waals surface area contributed by atoms with Gasteiger partial charge in [-0.15, -0.1) is 0 Å². The van der Waals surface area contributed by atoms with Gasteiger partial charge in [0.2, 0.25) is 5.84 Å². The summed E-state index contributed by atoms with van der Waals surface area (Å²) in [6.45, 7) is 0. The first kappa shape index (κ1) is 27.2. The highest BCUT2D eigenvalue weighted by atomic mass is 19.4. The fraction of sp³-hybridized carbons (Fsp3) is 0.129. The molecule has 7 nitrogen and oxygen atoms in total. The third-order valence-corrected chi connectivity index (χ3v) is 6.49. The fourth-order valence-corrected chi connectivity index (χ4v) is 4.31. The number of fused-ring (bicyclic) bond motifs is 2. The zero-order chi connectivity index (χ0) is 29.0. The van der Waals surface area contributed by atoms with E-state index < -0.39 is 11.7 Å². The Kier molecular flexibility index (Phi) is 7.55. The first-order valence-electron chi connectivity index (χ1n) is 12.5. The Bertz CT molecular complexity index is 1870. The molecule has 1 aliphatic heterocycles. The van der Waals surface area contributed by atoms with E-state index in [2.05, 4.69) is 11.9 Å². The third-order valence-electron chi connectivity index (χ3n) is 6.49. The SMILES string of the molecule is COc1ccc([N+]2=NC(c3ccc(C(F)(F)F)cc3)=Nc3ccc(C#N)cc3CCc3cc(=C=N)cc/c3=N\2)cc1. The Morgan fingerprint density at radius 3 is 2.29 bits per heavy atom. The molecule has 0 unspecified atom stereocenters. The lowest BCUT2D eigenvalue weighted by atomic mass is 10.00. The van der Waals surface area contributed by atoms with Crippen LogP contribution >= 0.6 is 0 Å².